The Morgan fingerprint density at radius 3 is 2.29 bits per heavy atom. The SMILES string of the molecule is Cn1c(=O)c2c(SCC(=O)c3ccccc3)nc(C(C)(C)C)nc2n(C)c1=O. The lowest BCUT2D eigenvalue weighted by molar-refractivity contribution is 0.102. The van der Waals surface area contributed by atoms with Gasteiger partial charge in [-0.25, -0.2) is 14.8 Å². The summed E-state index contributed by atoms with van der Waals surface area (Å²) < 4.78 is 2.38. The molecule has 3 aromatic rings. The average Bonchev–Trinajstić information content (AvgIpc) is 2.68. The maximum Gasteiger partial charge on any atom is 0.332 e. The predicted octanol–water partition coefficient (Wildman–Crippen LogP) is 2.30. The zero-order valence-corrected chi connectivity index (χ0v) is 17.3. The molecule has 28 heavy (non-hydrogen) atoms. The van der Waals surface area contributed by atoms with E-state index in [0.29, 0.717) is 16.4 Å². The van der Waals surface area contributed by atoms with Gasteiger partial charge in [0.05, 0.1) is 5.75 Å². The standard InChI is InChI=1S/C20H22N4O3S/c1-20(2,3)18-21-15-14(17(26)24(5)19(27)23(15)4)16(22-18)28-11-13(25)12-9-7-6-8-10-12/h6-10H,11H2,1-5H3. The van der Waals surface area contributed by atoms with Crippen LogP contribution in [0.2, 0.25) is 0 Å². The first-order chi connectivity index (χ1) is 13.1. The maximum absolute atomic E-state index is 12.8. The van der Waals surface area contributed by atoms with E-state index in [1.165, 1.54) is 23.4 Å². The minimum Gasteiger partial charge on any atom is -0.293 e. The van der Waals surface area contributed by atoms with Crippen LogP contribution < -0.4 is 11.2 Å². The van der Waals surface area contributed by atoms with Crippen LogP contribution in [0.15, 0.2) is 44.9 Å². The molecule has 0 aliphatic heterocycles. The summed E-state index contributed by atoms with van der Waals surface area (Å²) in [6.07, 6.45) is 0. The number of nitrogens with zero attached hydrogens (tertiary/aromatic N) is 4. The highest BCUT2D eigenvalue weighted by Gasteiger charge is 2.24. The molecular weight excluding hydrogens is 376 g/mol. The van der Waals surface area contributed by atoms with Crippen molar-refractivity contribution in [3.63, 3.8) is 0 Å². The second-order valence-electron chi connectivity index (χ2n) is 7.58. The van der Waals surface area contributed by atoms with E-state index in [1.807, 2.05) is 26.8 Å². The van der Waals surface area contributed by atoms with Gasteiger partial charge in [0.1, 0.15) is 16.2 Å². The van der Waals surface area contributed by atoms with E-state index in [-0.39, 0.29) is 28.0 Å². The Kier molecular flexibility index (Phi) is 5.25. The van der Waals surface area contributed by atoms with Gasteiger partial charge >= 0.3 is 5.69 Å². The molecule has 3 rings (SSSR count). The number of aromatic nitrogens is 4. The van der Waals surface area contributed by atoms with Crippen LogP contribution in [-0.4, -0.2) is 30.6 Å². The summed E-state index contributed by atoms with van der Waals surface area (Å²) in [4.78, 5) is 46.7. The van der Waals surface area contributed by atoms with Crippen molar-refractivity contribution in [2.75, 3.05) is 5.75 Å². The van der Waals surface area contributed by atoms with E-state index < -0.39 is 11.2 Å². The molecule has 0 bridgehead atoms. The molecule has 146 valence electrons. The van der Waals surface area contributed by atoms with Crippen LogP contribution in [-0.2, 0) is 19.5 Å². The van der Waals surface area contributed by atoms with Crippen LogP contribution in [0.5, 0.6) is 0 Å². The van der Waals surface area contributed by atoms with Gasteiger partial charge in [-0.15, -0.1) is 0 Å². The van der Waals surface area contributed by atoms with Crippen molar-refractivity contribution < 1.29 is 4.79 Å². The molecule has 0 aliphatic rings. The van der Waals surface area contributed by atoms with Crippen molar-refractivity contribution >= 4 is 28.6 Å². The number of fused-ring (bicyclic) bond motifs is 1. The summed E-state index contributed by atoms with van der Waals surface area (Å²) in [5, 5.41) is 0.666. The van der Waals surface area contributed by atoms with Crippen LogP contribution >= 0.6 is 11.8 Å². The normalized spacial score (nSPS) is 11.8. The number of hydrogen-bond donors (Lipinski definition) is 0. The van der Waals surface area contributed by atoms with Gasteiger partial charge in [0.2, 0.25) is 0 Å². The summed E-state index contributed by atoms with van der Waals surface area (Å²) in [7, 11) is 3.00. The van der Waals surface area contributed by atoms with Crippen molar-refractivity contribution in [3.8, 4) is 0 Å². The van der Waals surface area contributed by atoms with Crippen LogP contribution in [0.1, 0.15) is 37.0 Å². The van der Waals surface area contributed by atoms with Gasteiger partial charge in [0.25, 0.3) is 5.56 Å². The van der Waals surface area contributed by atoms with Crippen LogP contribution in [0.3, 0.4) is 0 Å². The zero-order valence-electron chi connectivity index (χ0n) is 16.5. The van der Waals surface area contributed by atoms with E-state index in [2.05, 4.69) is 9.97 Å². The Labute approximate surface area is 166 Å². The Bertz CT molecular complexity index is 1170. The molecule has 0 saturated carbocycles. The van der Waals surface area contributed by atoms with Gasteiger partial charge < -0.3 is 0 Å². The molecule has 0 unspecified atom stereocenters. The van der Waals surface area contributed by atoms with Crippen molar-refractivity contribution in [1.82, 2.24) is 19.1 Å². The number of carbonyl (C=O) groups is 1. The lowest BCUT2D eigenvalue weighted by Crippen LogP contribution is -2.38. The third kappa shape index (κ3) is 3.64. The van der Waals surface area contributed by atoms with Gasteiger partial charge in [0, 0.05) is 25.1 Å². The number of rotatable bonds is 4. The van der Waals surface area contributed by atoms with E-state index in [9.17, 15) is 14.4 Å². The highest BCUT2D eigenvalue weighted by Crippen LogP contribution is 2.27. The van der Waals surface area contributed by atoms with Gasteiger partial charge in [-0.3, -0.25) is 18.7 Å². The summed E-state index contributed by atoms with van der Waals surface area (Å²) >= 11 is 1.19. The lowest BCUT2D eigenvalue weighted by atomic mass is 9.96. The van der Waals surface area contributed by atoms with E-state index in [4.69, 9.17) is 0 Å². The third-order valence-corrected chi connectivity index (χ3v) is 5.35. The molecule has 0 atom stereocenters. The molecule has 8 heteroatoms. The second-order valence-corrected chi connectivity index (χ2v) is 8.55. The van der Waals surface area contributed by atoms with E-state index >= 15 is 0 Å². The Morgan fingerprint density at radius 1 is 1.04 bits per heavy atom. The fourth-order valence-electron chi connectivity index (χ4n) is 2.71. The number of hydrogen-bond acceptors (Lipinski definition) is 6. The van der Waals surface area contributed by atoms with Crippen molar-refractivity contribution in [2.24, 2.45) is 14.1 Å². The third-order valence-electron chi connectivity index (χ3n) is 4.37. The summed E-state index contributed by atoms with van der Waals surface area (Å²) in [5.74, 6) is 0.584. The van der Waals surface area contributed by atoms with Gasteiger partial charge in [-0.1, -0.05) is 62.9 Å². The first-order valence-electron chi connectivity index (χ1n) is 8.80. The van der Waals surface area contributed by atoms with Gasteiger partial charge in [-0.05, 0) is 0 Å². The van der Waals surface area contributed by atoms with E-state index in [1.54, 1.807) is 31.3 Å². The fourth-order valence-corrected chi connectivity index (χ4v) is 3.62. The van der Waals surface area contributed by atoms with Crippen LogP contribution in [0.25, 0.3) is 11.0 Å². The Hall–Kier alpha value is -2.74. The molecule has 0 aliphatic carbocycles. The highest BCUT2D eigenvalue weighted by molar-refractivity contribution is 8.00. The molecule has 0 fully saturated rings. The summed E-state index contributed by atoms with van der Waals surface area (Å²) in [5.41, 5.74) is -0.419. The van der Waals surface area contributed by atoms with Crippen LogP contribution in [0.4, 0.5) is 0 Å². The number of ketones is 1. The smallest absolute Gasteiger partial charge is 0.293 e. The Morgan fingerprint density at radius 2 is 1.68 bits per heavy atom. The first kappa shape index (κ1) is 20.0. The topological polar surface area (TPSA) is 86.8 Å². The first-order valence-corrected chi connectivity index (χ1v) is 9.79. The zero-order chi connectivity index (χ0) is 20.6. The largest absolute Gasteiger partial charge is 0.332 e. The molecule has 7 nitrogen and oxygen atoms in total. The van der Waals surface area contributed by atoms with Crippen molar-refractivity contribution in [1.29, 1.82) is 0 Å². The molecule has 1 aromatic carbocycles. The lowest BCUT2D eigenvalue weighted by Gasteiger charge is -2.19. The monoisotopic (exact) mass is 398 g/mol. The van der Waals surface area contributed by atoms with Gasteiger partial charge in [-0.2, -0.15) is 0 Å². The van der Waals surface area contributed by atoms with Crippen molar-refractivity contribution in [2.45, 2.75) is 31.2 Å². The Balaban J connectivity index is 2.16. The van der Waals surface area contributed by atoms with Crippen molar-refractivity contribution in [3.05, 3.63) is 62.6 Å². The fraction of sp³-hybridized carbons (Fsp3) is 0.350. The molecular formula is C20H22N4O3S. The average molecular weight is 398 g/mol. The van der Waals surface area contributed by atoms with Gasteiger partial charge in [0.15, 0.2) is 11.4 Å². The number of aryl methyl sites for hydroxylation is 1. The number of benzene rings is 1. The molecule has 2 aromatic heterocycles. The molecule has 0 amide bonds. The number of carbonyl (C=O) groups excluding carboxylic acids is 1. The number of thioether (sulfide) groups is 1. The molecule has 2 heterocycles. The molecule has 0 radical (unpaired) electrons. The molecule has 0 saturated heterocycles. The quantitative estimate of drug-likeness (QED) is 0.381. The molecule has 0 spiro atoms. The summed E-state index contributed by atoms with van der Waals surface area (Å²) in [6.45, 7) is 5.87. The predicted molar refractivity (Wildman–Crippen MR) is 110 cm³/mol. The summed E-state index contributed by atoms with van der Waals surface area (Å²) in [6, 6.07) is 8.97. The number of Topliss-reactive ketones (excluding diaryl/α,β-unsaturated/α-hetero) is 1. The minimum atomic E-state index is -0.465. The highest BCUT2D eigenvalue weighted by atomic mass is 32.2. The van der Waals surface area contributed by atoms with E-state index in [0.717, 1.165) is 4.57 Å². The van der Waals surface area contributed by atoms with Crippen LogP contribution in [0, 0.1) is 0 Å². The molecule has 0 N–H and O–H groups in total. The minimum absolute atomic E-state index is 0.0590. The maximum atomic E-state index is 12.8. The second kappa shape index (κ2) is 7.35.